The number of carbonyl (C=O) groups is 3. The average molecular weight is 817 g/mol. The standard InChI is InChI=1S/C41H56N2O15/c1-39(2,3)55-28(46)15-14-25(19-44)42-38(51)40-17-26-32-33(57-41(56-32,23-10-11-23)24-12-13-24)35(40)58-43(34(40)36(50)53-26)18-22-8-5-4-7-21(22)9-6-16-52-37-31(49)30(48)29(47)27(20-45)54-37/h4-9,23-27,29-35,37,44-45,47-49H,10-20H2,1-3H3,(H,42,51). The lowest BCUT2D eigenvalue weighted by Crippen LogP contribution is -2.70. The first-order chi connectivity index (χ1) is 27.7. The molecule has 3 aliphatic carbocycles. The number of hydroxylamine groups is 2. The summed E-state index contributed by atoms with van der Waals surface area (Å²) in [5, 5.41) is 54.9. The van der Waals surface area contributed by atoms with Gasteiger partial charge in [0.25, 0.3) is 0 Å². The number of nitrogens with zero attached hydrogens (tertiary/aromatic N) is 1. The minimum atomic E-state index is -1.57. The molecule has 7 fully saturated rings. The van der Waals surface area contributed by atoms with Crippen LogP contribution in [0.3, 0.4) is 0 Å². The van der Waals surface area contributed by atoms with Crippen LogP contribution in [0.5, 0.6) is 0 Å². The lowest BCUT2D eigenvalue weighted by Gasteiger charge is -2.49. The highest BCUT2D eigenvalue weighted by atomic mass is 16.8. The van der Waals surface area contributed by atoms with Gasteiger partial charge in [-0.25, -0.2) is 0 Å². The molecule has 12 atom stereocenters. The van der Waals surface area contributed by atoms with Crippen molar-refractivity contribution in [2.24, 2.45) is 17.3 Å². The zero-order chi connectivity index (χ0) is 41.1. The fraction of sp³-hybridized carbons (Fsp3) is 0.732. The molecule has 8 rings (SSSR count). The van der Waals surface area contributed by atoms with Gasteiger partial charge < -0.3 is 59.3 Å². The molecule has 0 spiro atoms. The van der Waals surface area contributed by atoms with Crippen molar-refractivity contribution in [3.63, 3.8) is 0 Å². The predicted octanol–water partition coefficient (Wildman–Crippen LogP) is 0.216. The molecule has 12 unspecified atom stereocenters. The molecule has 1 aromatic rings. The number of aliphatic hydroxyl groups excluding tert-OH is 5. The molecule has 6 N–H and O–H groups in total. The third kappa shape index (κ3) is 7.73. The van der Waals surface area contributed by atoms with Gasteiger partial charge in [0.1, 0.15) is 59.8 Å². The van der Waals surface area contributed by atoms with Gasteiger partial charge in [-0.3, -0.25) is 19.2 Å². The quantitative estimate of drug-likeness (QED) is 0.130. The summed E-state index contributed by atoms with van der Waals surface area (Å²) in [6.45, 7) is 4.25. The predicted molar refractivity (Wildman–Crippen MR) is 198 cm³/mol. The monoisotopic (exact) mass is 816 g/mol. The van der Waals surface area contributed by atoms with Gasteiger partial charge >= 0.3 is 11.9 Å². The van der Waals surface area contributed by atoms with E-state index in [1.54, 1.807) is 32.9 Å². The number of amides is 1. The molecule has 1 aromatic carbocycles. The van der Waals surface area contributed by atoms with Gasteiger partial charge in [-0.05, 0) is 64.0 Å². The van der Waals surface area contributed by atoms with Gasteiger partial charge in [0, 0.05) is 24.7 Å². The molecule has 17 nitrogen and oxygen atoms in total. The van der Waals surface area contributed by atoms with Crippen molar-refractivity contribution in [1.29, 1.82) is 0 Å². The van der Waals surface area contributed by atoms with E-state index in [1.807, 2.05) is 24.3 Å². The zero-order valence-corrected chi connectivity index (χ0v) is 33.0. The Balaban J connectivity index is 1.04. The zero-order valence-electron chi connectivity index (χ0n) is 33.0. The lowest BCUT2D eigenvalue weighted by atomic mass is 9.62. The third-order valence-corrected chi connectivity index (χ3v) is 12.5. The fourth-order valence-electron chi connectivity index (χ4n) is 9.42. The van der Waals surface area contributed by atoms with Crippen LogP contribution in [0.1, 0.15) is 76.8 Å². The van der Waals surface area contributed by atoms with Gasteiger partial charge in [0.2, 0.25) is 5.91 Å². The van der Waals surface area contributed by atoms with Gasteiger partial charge in [-0.15, -0.1) is 0 Å². The summed E-state index contributed by atoms with van der Waals surface area (Å²) >= 11 is 0. The molecular weight excluding hydrogens is 760 g/mol. The van der Waals surface area contributed by atoms with Crippen molar-refractivity contribution in [2.45, 2.75) is 151 Å². The lowest BCUT2D eigenvalue weighted by molar-refractivity contribution is -0.298. The SMILES string of the molecule is CC(C)(C)OC(=O)CCC(CO)NC(=O)C12CC3OC(=O)C1N(Cc1ccccc1C=CCOC1OC(CO)C(O)C(O)C1O)OC2C1OC(C2CC2)(C2CC2)OC31. The first-order valence-electron chi connectivity index (χ1n) is 20.5. The van der Waals surface area contributed by atoms with Crippen molar-refractivity contribution in [2.75, 3.05) is 19.8 Å². The van der Waals surface area contributed by atoms with E-state index in [-0.39, 0.29) is 44.2 Å². The third-order valence-electron chi connectivity index (χ3n) is 12.5. The van der Waals surface area contributed by atoms with Crippen LogP contribution in [0.15, 0.2) is 30.3 Å². The van der Waals surface area contributed by atoms with Crippen LogP contribution in [-0.4, -0.2) is 147 Å². The number of nitrogens with one attached hydrogen (secondary N) is 1. The number of carbonyl (C=O) groups excluding carboxylic acids is 3. The van der Waals surface area contributed by atoms with Crippen molar-refractivity contribution in [3.8, 4) is 0 Å². The largest absolute Gasteiger partial charge is 0.460 e. The van der Waals surface area contributed by atoms with Crippen LogP contribution < -0.4 is 5.32 Å². The summed E-state index contributed by atoms with van der Waals surface area (Å²) in [4.78, 5) is 48.4. The molecule has 320 valence electrons. The van der Waals surface area contributed by atoms with Gasteiger partial charge in [-0.2, -0.15) is 5.06 Å². The number of ether oxygens (including phenoxy) is 6. The smallest absolute Gasteiger partial charge is 0.327 e. The fourth-order valence-corrected chi connectivity index (χ4v) is 9.42. The second-order valence-electron chi connectivity index (χ2n) is 17.8. The number of rotatable bonds is 15. The maximum absolute atomic E-state index is 14.8. The van der Waals surface area contributed by atoms with Crippen LogP contribution in [0.25, 0.3) is 6.08 Å². The second kappa shape index (κ2) is 16.1. The van der Waals surface area contributed by atoms with E-state index in [0.29, 0.717) is 0 Å². The molecule has 4 heterocycles. The highest BCUT2D eigenvalue weighted by Gasteiger charge is 2.78. The highest BCUT2D eigenvalue weighted by molar-refractivity contribution is 5.94. The molecule has 3 saturated carbocycles. The van der Waals surface area contributed by atoms with E-state index in [2.05, 4.69) is 5.32 Å². The maximum atomic E-state index is 14.8. The highest BCUT2D eigenvalue weighted by Crippen LogP contribution is 2.64. The van der Waals surface area contributed by atoms with Gasteiger partial charge in [-0.1, -0.05) is 36.4 Å². The number of benzene rings is 1. The number of hydrogen-bond acceptors (Lipinski definition) is 16. The summed E-state index contributed by atoms with van der Waals surface area (Å²) in [5.41, 5.74) is -0.732. The Hall–Kier alpha value is -3.07. The van der Waals surface area contributed by atoms with Crippen molar-refractivity contribution < 1.29 is 73.2 Å². The molecular formula is C41H56N2O15. The Labute approximate surface area is 336 Å². The first-order valence-corrected chi connectivity index (χ1v) is 20.5. The van der Waals surface area contributed by atoms with Crippen LogP contribution in [0, 0.1) is 17.3 Å². The molecule has 17 heteroatoms. The summed E-state index contributed by atoms with van der Waals surface area (Å²) < 4.78 is 36.4. The number of esters is 2. The number of fused-ring (bicyclic) bond motifs is 4. The van der Waals surface area contributed by atoms with Crippen LogP contribution in [0.4, 0.5) is 0 Å². The summed E-state index contributed by atoms with van der Waals surface area (Å²) in [5.74, 6) is -2.04. The van der Waals surface area contributed by atoms with Gasteiger partial charge in [0.15, 0.2) is 18.1 Å². The normalized spacial score (nSPS) is 37.3. The van der Waals surface area contributed by atoms with Crippen molar-refractivity contribution in [1.82, 2.24) is 10.4 Å². The van der Waals surface area contributed by atoms with Crippen LogP contribution in [-0.2, 0) is 54.2 Å². The molecule has 0 aromatic heterocycles. The topological polar surface area (TPSA) is 232 Å². The second-order valence-corrected chi connectivity index (χ2v) is 17.8. The maximum Gasteiger partial charge on any atom is 0.327 e. The van der Waals surface area contributed by atoms with Crippen molar-refractivity contribution >= 4 is 23.9 Å². The van der Waals surface area contributed by atoms with E-state index < -0.39 is 115 Å². The summed E-state index contributed by atoms with van der Waals surface area (Å²) in [6.07, 6.45) is -2.67. The molecule has 0 radical (unpaired) electrons. The Morgan fingerprint density at radius 3 is 2.40 bits per heavy atom. The molecule has 4 saturated heterocycles. The molecule has 7 aliphatic rings. The number of hydrogen-bond donors (Lipinski definition) is 6. The van der Waals surface area contributed by atoms with Crippen LogP contribution in [0.2, 0.25) is 0 Å². The average Bonchev–Trinajstić information content (AvgIpc) is 4.13. The number of aliphatic hydroxyl groups is 5. The van der Waals surface area contributed by atoms with E-state index in [4.69, 9.17) is 33.3 Å². The minimum absolute atomic E-state index is 0.0409. The van der Waals surface area contributed by atoms with E-state index in [1.165, 1.54) is 5.06 Å². The van der Waals surface area contributed by atoms with Gasteiger partial charge in [0.05, 0.1) is 32.4 Å². The minimum Gasteiger partial charge on any atom is -0.460 e. The Bertz CT molecular complexity index is 1710. The van der Waals surface area contributed by atoms with E-state index in [9.17, 15) is 39.9 Å². The molecule has 4 aliphatic heterocycles. The molecule has 1 amide bonds. The van der Waals surface area contributed by atoms with E-state index in [0.717, 1.165) is 36.8 Å². The molecule has 2 bridgehead atoms. The van der Waals surface area contributed by atoms with Crippen LogP contribution >= 0.6 is 0 Å². The molecule has 58 heavy (non-hydrogen) atoms. The Morgan fingerprint density at radius 1 is 1.02 bits per heavy atom. The first kappa shape index (κ1) is 41.7. The van der Waals surface area contributed by atoms with Crippen molar-refractivity contribution in [3.05, 3.63) is 41.5 Å². The Kier molecular flexibility index (Phi) is 11.5. The van der Waals surface area contributed by atoms with E-state index >= 15 is 0 Å². The summed E-state index contributed by atoms with van der Waals surface area (Å²) in [6, 6.07) is 5.36. The summed E-state index contributed by atoms with van der Waals surface area (Å²) in [7, 11) is 0. The Morgan fingerprint density at radius 2 is 1.72 bits per heavy atom.